The van der Waals surface area contributed by atoms with E-state index in [9.17, 15) is 0 Å². The number of fused-ring (bicyclic) bond motifs is 1. The Balaban J connectivity index is 2.07. The van der Waals surface area contributed by atoms with Crippen LogP contribution in [0.25, 0.3) is 10.2 Å². The summed E-state index contributed by atoms with van der Waals surface area (Å²) in [4.78, 5) is 8.54. The van der Waals surface area contributed by atoms with Gasteiger partial charge in [-0.1, -0.05) is 0 Å². The number of thiazole rings is 1. The minimum absolute atomic E-state index is 0.0508. The fraction of sp³-hybridized carbons (Fsp3) is 0.455. The largest absolute Gasteiger partial charge is 0.479 e. The van der Waals surface area contributed by atoms with Crippen LogP contribution in [0.3, 0.4) is 0 Å². The topological polar surface area (TPSA) is 53.5 Å². The molecule has 0 spiro atoms. The van der Waals surface area contributed by atoms with Gasteiger partial charge in [0.2, 0.25) is 5.88 Å². The molecular weight excluding hydrogens is 240 g/mol. The Bertz CT molecular complexity index is 522. The molecule has 0 N–H and O–H groups in total. The zero-order chi connectivity index (χ0) is 11.7. The number of nitrogens with zero attached hydrogens (tertiary/aromatic N) is 2. The highest BCUT2D eigenvalue weighted by Crippen LogP contribution is 2.33. The molecule has 1 unspecified atom stereocenters. The van der Waals surface area contributed by atoms with E-state index in [1.807, 2.05) is 0 Å². The summed E-state index contributed by atoms with van der Waals surface area (Å²) in [6, 6.07) is 0. The minimum atomic E-state index is -0.0508. The summed E-state index contributed by atoms with van der Waals surface area (Å²) in [6.07, 6.45) is 1.74. The van der Waals surface area contributed by atoms with E-state index in [4.69, 9.17) is 14.2 Å². The number of pyridine rings is 1. The molecule has 2 aromatic rings. The molecule has 1 aliphatic heterocycles. The van der Waals surface area contributed by atoms with Gasteiger partial charge in [0.1, 0.15) is 11.6 Å². The molecule has 90 valence electrons. The predicted octanol–water partition coefficient (Wildman–Crippen LogP) is 1.79. The highest BCUT2D eigenvalue weighted by atomic mass is 32.1. The van der Waals surface area contributed by atoms with E-state index in [1.54, 1.807) is 30.2 Å². The fourth-order valence-corrected chi connectivity index (χ4v) is 2.73. The van der Waals surface area contributed by atoms with Crippen molar-refractivity contribution in [2.45, 2.75) is 6.10 Å². The van der Waals surface area contributed by atoms with Crippen molar-refractivity contribution in [1.29, 1.82) is 0 Å². The van der Waals surface area contributed by atoms with Gasteiger partial charge in [-0.3, -0.25) is 0 Å². The van der Waals surface area contributed by atoms with Crippen LogP contribution in [0.1, 0.15) is 11.7 Å². The summed E-state index contributed by atoms with van der Waals surface area (Å²) < 4.78 is 17.4. The lowest BCUT2D eigenvalue weighted by Gasteiger charge is -2.23. The van der Waals surface area contributed by atoms with Gasteiger partial charge in [0.15, 0.2) is 0 Å². The van der Waals surface area contributed by atoms with Gasteiger partial charge in [-0.15, -0.1) is 11.3 Å². The Morgan fingerprint density at radius 1 is 1.41 bits per heavy atom. The van der Waals surface area contributed by atoms with Crippen molar-refractivity contribution in [2.24, 2.45) is 0 Å². The van der Waals surface area contributed by atoms with E-state index >= 15 is 0 Å². The van der Waals surface area contributed by atoms with Crippen LogP contribution in [-0.2, 0) is 9.47 Å². The van der Waals surface area contributed by atoms with Crippen molar-refractivity contribution >= 4 is 21.6 Å². The van der Waals surface area contributed by atoms with Crippen LogP contribution in [0.4, 0.5) is 0 Å². The van der Waals surface area contributed by atoms with Crippen molar-refractivity contribution in [3.63, 3.8) is 0 Å². The Hall–Kier alpha value is -1.24. The zero-order valence-electron chi connectivity index (χ0n) is 9.38. The quantitative estimate of drug-likeness (QED) is 0.815. The molecule has 1 atom stereocenters. The summed E-state index contributed by atoms with van der Waals surface area (Å²) in [5.74, 6) is 0.557. The maximum Gasteiger partial charge on any atom is 0.241 e. The summed E-state index contributed by atoms with van der Waals surface area (Å²) >= 11 is 1.57. The Morgan fingerprint density at radius 3 is 3.12 bits per heavy atom. The van der Waals surface area contributed by atoms with Crippen molar-refractivity contribution in [2.75, 3.05) is 26.9 Å². The minimum Gasteiger partial charge on any atom is -0.479 e. The second-order valence-corrected chi connectivity index (χ2v) is 4.54. The zero-order valence-corrected chi connectivity index (χ0v) is 10.2. The molecule has 0 aliphatic carbocycles. The van der Waals surface area contributed by atoms with E-state index in [2.05, 4.69) is 9.97 Å². The van der Waals surface area contributed by atoms with Gasteiger partial charge in [0, 0.05) is 11.8 Å². The summed E-state index contributed by atoms with van der Waals surface area (Å²) in [6.45, 7) is 1.85. The average molecular weight is 252 g/mol. The molecule has 3 rings (SSSR count). The second kappa shape index (κ2) is 4.56. The molecule has 1 aliphatic rings. The molecule has 6 heteroatoms. The van der Waals surface area contributed by atoms with E-state index in [0.29, 0.717) is 25.7 Å². The third-order valence-electron chi connectivity index (χ3n) is 2.71. The van der Waals surface area contributed by atoms with Crippen molar-refractivity contribution < 1.29 is 14.2 Å². The van der Waals surface area contributed by atoms with E-state index in [1.165, 1.54) is 0 Å². The molecular formula is C11H12N2O3S. The maximum absolute atomic E-state index is 5.69. The standard InChI is InChI=1S/C11H12N2O3S/c1-14-11-9-10(17-6-13-9)7(4-12-11)8-5-15-2-3-16-8/h4,6,8H,2-3,5H2,1H3. The number of methoxy groups -OCH3 is 1. The Morgan fingerprint density at radius 2 is 2.35 bits per heavy atom. The smallest absolute Gasteiger partial charge is 0.241 e. The lowest BCUT2D eigenvalue weighted by Crippen LogP contribution is -2.22. The van der Waals surface area contributed by atoms with Crippen molar-refractivity contribution in [3.8, 4) is 5.88 Å². The molecule has 0 saturated carbocycles. The first-order chi connectivity index (χ1) is 8.40. The SMILES string of the molecule is COc1ncc(C2COCCO2)c2scnc12. The van der Waals surface area contributed by atoms with Gasteiger partial charge in [0.05, 0.1) is 37.1 Å². The number of aromatic nitrogens is 2. The van der Waals surface area contributed by atoms with Crippen LogP contribution < -0.4 is 4.74 Å². The van der Waals surface area contributed by atoms with Crippen LogP contribution >= 0.6 is 11.3 Å². The average Bonchev–Trinajstić information content (AvgIpc) is 2.88. The van der Waals surface area contributed by atoms with E-state index in [0.717, 1.165) is 15.8 Å². The number of ether oxygens (including phenoxy) is 3. The van der Waals surface area contributed by atoms with Crippen molar-refractivity contribution in [1.82, 2.24) is 9.97 Å². The van der Waals surface area contributed by atoms with Crippen LogP contribution in [0.5, 0.6) is 5.88 Å². The maximum atomic E-state index is 5.69. The van der Waals surface area contributed by atoms with Gasteiger partial charge >= 0.3 is 0 Å². The first-order valence-corrected chi connectivity index (χ1v) is 6.23. The van der Waals surface area contributed by atoms with Crippen LogP contribution in [0, 0.1) is 0 Å². The third kappa shape index (κ3) is 1.88. The number of hydrogen-bond donors (Lipinski definition) is 0. The Kier molecular flexibility index (Phi) is 2.92. The number of hydrogen-bond acceptors (Lipinski definition) is 6. The van der Waals surface area contributed by atoms with E-state index in [-0.39, 0.29) is 6.10 Å². The van der Waals surface area contributed by atoms with Crippen molar-refractivity contribution in [3.05, 3.63) is 17.3 Å². The fourth-order valence-electron chi connectivity index (χ4n) is 1.90. The normalized spacial score (nSPS) is 20.6. The predicted molar refractivity (Wildman–Crippen MR) is 63.5 cm³/mol. The first-order valence-electron chi connectivity index (χ1n) is 5.35. The van der Waals surface area contributed by atoms with E-state index < -0.39 is 0 Å². The molecule has 5 nitrogen and oxygen atoms in total. The second-order valence-electron chi connectivity index (χ2n) is 3.69. The molecule has 3 heterocycles. The monoisotopic (exact) mass is 252 g/mol. The number of rotatable bonds is 2. The van der Waals surface area contributed by atoms with Crippen LogP contribution in [0.15, 0.2) is 11.7 Å². The first kappa shape index (κ1) is 10.9. The van der Waals surface area contributed by atoms with Gasteiger partial charge in [-0.2, -0.15) is 0 Å². The van der Waals surface area contributed by atoms with Gasteiger partial charge in [-0.05, 0) is 0 Å². The molecule has 1 fully saturated rings. The van der Waals surface area contributed by atoms with Crippen LogP contribution in [0.2, 0.25) is 0 Å². The summed E-state index contributed by atoms with van der Waals surface area (Å²) in [7, 11) is 1.60. The third-order valence-corrected chi connectivity index (χ3v) is 3.58. The summed E-state index contributed by atoms with van der Waals surface area (Å²) in [5, 5.41) is 0. The highest BCUT2D eigenvalue weighted by molar-refractivity contribution is 7.17. The Labute approximate surface area is 102 Å². The molecule has 0 bridgehead atoms. The molecule has 17 heavy (non-hydrogen) atoms. The molecule has 0 amide bonds. The lowest BCUT2D eigenvalue weighted by molar-refractivity contribution is -0.0896. The molecule has 1 saturated heterocycles. The molecule has 2 aromatic heterocycles. The summed E-state index contributed by atoms with van der Waals surface area (Å²) in [5.41, 5.74) is 3.62. The lowest BCUT2D eigenvalue weighted by atomic mass is 10.1. The van der Waals surface area contributed by atoms with Gasteiger partial charge < -0.3 is 14.2 Å². The van der Waals surface area contributed by atoms with Crippen LogP contribution in [-0.4, -0.2) is 36.9 Å². The van der Waals surface area contributed by atoms with Gasteiger partial charge in [-0.25, -0.2) is 9.97 Å². The molecule has 0 aromatic carbocycles. The highest BCUT2D eigenvalue weighted by Gasteiger charge is 2.22. The van der Waals surface area contributed by atoms with Gasteiger partial charge in [0.25, 0.3) is 0 Å². The molecule has 0 radical (unpaired) electrons.